The van der Waals surface area contributed by atoms with Crippen LogP contribution in [0.15, 0.2) is 71.2 Å². The molecule has 3 aromatic rings. The molecule has 3 nitrogen and oxygen atoms in total. The van der Waals surface area contributed by atoms with E-state index >= 15 is 0 Å². The SMILES string of the molecule is COc1ccc(Br)cc1/C=C/C(=O)OCc1cccc2ccccc12. The van der Waals surface area contributed by atoms with E-state index in [4.69, 9.17) is 9.47 Å². The molecule has 3 aromatic carbocycles. The Morgan fingerprint density at radius 1 is 1.08 bits per heavy atom. The number of carbonyl (C=O) groups excluding carboxylic acids is 1. The lowest BCUT2D eigenvalue weighted by molar-refractivity contribution is -0.138. The Morgan fingerprint density at radius 2 is 1.88 bits per heavy atom. The largest absolute Gasteiger partial charge is 0.496 e. The number of rotatable bonds is 5. The molecule has 3 rings (SSSR count). The maximum absolute atomic E-state index is 12.0. The Labute approximate surface area is 155 Å². The van der Waals surface area contributed by atoms with Gasteiger partial charge in [0.25, 0.3) is 0 Å². The van der Waals surface area contributed by atoms with Gasteiger partial charge in [-0.1, -0.05) is 58.4 Å². The van der Waals surface area contributed by atoms with Crippen LogP contribution in [0.25, 0.3) is 16.8 Å². The number of hydrogen-bond donors (Lipinski definition) is 0. The molecule has 25 heavy (non-hydrogen) atoms. The molecule has 0 spiro atoms. The van der Waals surface area contributed by atoms with Gasteiger partial charge in [-0.3, -0.25) is 0 Å². The molecule has 0 heterocycles. The first-order valence-electron chi connectivity index (χ1n) is 7.82. The van der Waals surface area contributed by atoms with Crippen LogP contribution in [0.2, 0.25) is 0 Å². The quantitative estimate of drug-likeness (QED) is 0.429. The van der Waals surface area contributed by atoms with Gasteiger partial charge in [0.05, 0.1) is 7.11 Å². The smallest absolute Gasteiger partial charge is 0.331 e. The zero-order chi connectivity index (χ0) is 17.6. The number of halogens is 1. The van der Waals surface area contributed by atoms with Gasteiger partial charge in [-0.05, 0) is 40.6 Å². The highest BCUT2D eigenvalue weighted by molar-refractivity contribution is 9.10. The van der Waals surface area contributed by atoms with Crippen molar-refractivity contribution in [3.8, 4) is 5.75 Å². The van der Waals surface area contributed by atoms with Gasteiger partial charge in [0.15, 0.2) is 0 Å². The zero-order valence-electron chi connectivity index (χ0n) is 13.7. The monoisotopic (exact) mass is 396 g/mol. The van der Waals surface area contributed by atoms with E-state index in [9.17, 15) is 4.79 Å². The van der Waals surface area contributed by atoms with E-state index in [-0.39, 0.29) is 6.61 Å². The van der Waals surface area contributed by atoms with Gasteiger partial charge in [-0.25, -0.2) is 4.79 Å². The van der Waals surface area contributed by atoms with Gasteiger partial charge in [-0.15, -0.1) is 0 Å². The van der Waals surface area contributed by atoms with Crippen LogP contribution in [0.5, 0.6) is 5.75 Å². The topological polar surface area (TPSA) is 35.5 Å². The summed E-state index contributed by atoms with van der Waals surface area (Å²) in [5, 5.41) is 2.22. The molecule has 0 radical (unpaired) electrons. The number of carbonyl (C=O) groups is 1. The number of hydrogen-bond acceptors (Lipinski definition) is 3. The molecule has 0 unspecified atom stereocenters. The summed E-state index contributed by atoms with van der Waals surface area (Å²) in [6, 6.07) is 19.6. The Hall–Kier alpha value is -2.59. The van der Waals surface area contributed by atoms with Crippen molar-refractivity contribution < 1.29 is 14.3 Å². The molecule has 0 amide bonds. The molecule has 0 fully saturated rings. The Kier molecular flexibility index (Phi) is 5.51. The normalized spacial score (nSPS) is 11.0. The maximum Gasteiger partial charge on any atom is 0.331 e. The maximum atomic E-state index is 12.0. The lowest BCUT2D eigenvalue weighted by atomic mass is 10.1. The molecule has 0 aromatic heterocycles. The second kappa shape index (κ2) is 7.99. The van der Waals surface area contributed by atoms with Crippen molar-refractivity contribution >= 4 is 38.7 Å². The number of esters is 1. The van der Waals surface area contributed by atoms with Crippen LogP contribution >= 0.6 is 15.9 Å². The standard InChI is InChI=1S/C21H17BrO3/c1-24-20-11-10-18(22)13-16(20)9-12-21(23)25-14-17-7-4-6-15-5-2-3-8-19(15)17/h2-13H,14H2,1H3/b12-9+. The average Bonchev–Trinajstić information content (AvgIpc) is 2.64. The minimum Gasteiger partial charge on any atom is -0.496 e. The molecule has 0 aliphatic heterocycles. The Balaban J connectivity index is 1.70. The Morgan fingerprint density at radius 3 is 2.72 bits per heavy atom. The molecule has 0 bridgehead atoms. The van der Waals surface area contributed by atoms with Crippen LogP contribution in [-0.4, -0.2) is 13.1 Å². The third kappa shape index (κ3) is 4.28. The lowest BCUT2D eigenvalue weighted by Crippen LogP contribution is -2.01. The van der Waals surface area contributed by atoms with Crippen molar-refractivity contribution in [2.24, 2.45) is 0 Å². The van der Waals surface area contributed by atoms with E-state index in [2.05, 4.69) is 15.9 Å². The van der Waals surface area contributed by atoms with Crippen LogP contribution in [0.3, 0.4) is 0 Å². The highest BCUT2D eigenvalue weighted by Crippen LogP contribution is 2.24. The van der Waals surface area contributed by atoms with Crippen LogP contribution < -0.4 is 4.74 Å². The highest BCUT2D eigenvalue weighted by atomic mass is 79.9. The van der Waals surface area contributed by atoms with Crippen LogP contribution in [0.4, 0.5) is 0 Å². The third-order valence-corrected chi connectivity index (χ3v) is 4.33. The number of benzene rings is 3. The van der Waals surface area contributed by atoms with Crippen LogP contribution in [-0.2, 0) is 16.1 Å². The molecular formula is C21H17BrO3. The van der Waals surface area contributed by atoms with E-state index in [1.165, 1.54) is 6.08 Å². The summed E-state index contributed by atoms with van der Waals surface area (Å²) in [6.45, 7) is 0.236. The summed E-state index contributed by atoms with van der Waals surface area (Å²) in [5.41, 5.74) is 1.79. The second-order valence-corrected chi connectivity index (χ2v) is 6.38. The first-order chi connectivity index (χ1) is 12.2. The van der Waals surface area contributed by atoms with Crippen molar-refractivity contribution in [1.82, 2.24) is 0 Å². The zero-order valence-corrected chi connectivity index (χ0v) is 15.3. The molecular weight excluding hydrogens is 380 g/mol. The van der Waals surface area contributed by atoms with Crippen molar-refractivity contribution in [2.75, 3.05) is 7.11 Å². The van der Waals surface area contributed by atoms with Crippen molar-refractivity contribution in [3.63, 3.8) is 0 Å². The van der Waals surface area contributed by atoms with E-state index < -0.39 is 5.97 Å². The predicted molar refractivity (Wildman–Crippen MR) is 103 cm³/mol. The first-order valence-corrected chi connectivity index (χ1v) is 8.61. The lowest BCUT2D eigenvalue weighted by Gasteiger charge is -2.07. The summed E-state index contributed by atoms with van der Waals surface area (Å²) in [7, 11) is 1.60. The third-order valence-electron chi connectivity index (χ3n) is 3.84. The molecule has 4 heteroatoms. The van der Waals surface area contributed by atoms with E-state index in [1.807, 2.05) is 60.7 Å². The van der Waals surface area contributed by atoms with Gasteiger partial charge < -0.3 is 9.47 Å². The highest BCUT2D eigenvalue weighted by Gasteiger charge is 2.05. The van der Waals surface area contributed by atoms with E-state index in [0.29, 0.717) is 5.75 Å². The number of ether oxygens (including phenoxy) is 2. The summed E-state index contributed by atoms with van der Waals surface area (Å²) in [4.78, 5) is 12.0. The molecule has 0 saturated heterocycles. The van der Waals surface area contributed by atoms with E-state index in [0.717, 1.165) is 26.4 Å². The van der Waals surface area contributed by atoms with Gasteiger partial charge in [0.1, 0.15) is 12.4 Å². The average molecular weight is 397 g/mol. The molecule has 0 N–H and O–H groups in total. The second-order valence-electron chi connectivity index (χ2n) is 5.47. The molecule has 0 saturated carbocycles. The minimum atomic E-state index is -0.394. The van der Waals surface area contributed by atoms with Gasteiger partial charge in [-0.2, -0.15) is 0 Å². The van der Waals surface area contributed by atoms with Crippen molar-refractivity contribution in [1.29, 1.82) is 0 Å². The van der Waals surface area contributed by atoms with Crippen LogP contribution in [0.1, 0.15) is 11.1 Å². The molecule has 0 aliphatic rings. The van der Waals surface area contributed by atoms with Crippen molar-refractivity contribution in [3.05, 3.63) is 82.3 Å². The van der Waals surface area contributed by atoms with Crippen LogP contribution in [0, 0.1) is 0 Å². The van der Waals surface area contributed by atoms with Gasteiger partial charge >= 0.3 is 5.97 Å². The van der Waals surface area contributed by atoms with Gasteiger partial charge in [0, 0.05) is 16.1 Å². The minimum absolute atomic E-state index is 0.236. The van der Waals surface area contributed by atoms with Gasteiger partial charge in [0.2, 0.25) is 0 Å². The summed E-state index contributed by atoms with van der Waals surface area (Å²) >= 11 is 3.41. The number of methoxy groups -OCH3 is 1. The molecule has 126 valence electrons. The summed E-state index contributed by atoms with van der Waals surface area (Å²) in [6.07, 6.45) is 3.10. The Bertz CT molecular complexity index is 926. The molecule has 0 aliphatic carbocycles. The fourth-order valence-corrected chi connectivity index (χ4v) is 2.99. The summed E-state index contributed by atoms with van der Waals surface area (Å²) in [5.74, 6) is 0.302. The molecule has 0 atom stereocenters. The predicted octanol–water partition coefficient (Wildman–Crippen LogP) is 5.37. The first kappa shape index (κ1) is 17.2. The fourth-order valence-electron chi connectivity index (χ4n) is 2.61. The van der Waals surface area contributed by atoms with E-state index in [1.54, 1.807) is 13.2 Å². The van der Waals surface area contributed by atoms with Crippen molar-refractivity contribution in [2.45, 2.75) is 6.61 Å². The number of fused-ring (bicyclic) bond motifs is 1. The fraction of sp³-hybridized carbons (Fsp3) is 0.0952. The summed E-state index contributed by atoms with van der Waals surface area (Å²) < 4.78 is 11.6.